The van der Waals surface area contributed by atoms with Gasteiger partial charge < -0.3 is 4.79 Å². The van der Waals surface area contributed by atoms with Crippen LogP contribution in [0.2, 0.25) is 0 Å². The summed E-state index contributed by atoms with van der Waals surface area (Å²) in [6, 6.07) is 0. The van der Waals surface area contributed by atoms with Gasteiger partial charge in [0.15, 0.2) is 0 Å². The van der Waals surface area contributed by atoms with Gasteiger partial charge in [-0.3, -0.25) is 0 Å². The third kappa shape index (κ3) is 2.87. The predicted octanol–water partition coefficient (Wildman–Crippen LogP) is 2.57. The Balaban J connectivity index is 2.03. The van der Waals surface area contributed by atoms with Gasteiger partial charge in [0.05, 0.1) is 0 Å². The number of unbranched alkanes of at least 4 members (excludes halogenated alkanes) is 2. The van der Waals surface area contributed by atoms with Crippen molar-refractivity contribution in [2.45, 2.75) is 32.6 Å². The molecule has 0 radical (unpaired) electrons. The van der Waals surface area contributed by atoms with Gasteiger partial charge >= 0.3 is 0 Å². The van der Waals surface area contributed by atoms with Crippen molar-refractivity contribution in [2.24, 2.45) is 11.8 Å². The monoisotopic (exact) mass is 152 g/mol. The van der Waals surface area contributed by atoms with Gasteiger partial charge in [-0.15, -0.1) is 0 Å². The van der Waals surface area contributed by atoms with Gasteiger partial charge in [0.25, 0.3) is 0 Å². The normalized spacial score (nSPS) is 29.2. The molecule has 1 aliphatic carbocycles. The van der Waals surface area contributed by atoms with E-state index in [1.54, 1.807) is 0 Å². The Kier molecular flexibility index (Phi) is 3.34. The second-order valence-electron chi connectivity index (χ2n) is 3.27. The lowest BCUT2D eigenvalue weighted by Crippen LogP contribution is -1.77. The van der Waals surface area contributed by atoms with Gasteiger partial charge in [-0.1, -0.05) is 31.9 Å². The summed E-state index contributed by atoms with van der Waals surface area (Å²) in [5.41, 5.74) is 0. The van der Waals surface area contributed by atoms with Crippen LogP contribution in [0.5, 0.6) is 0 Å². The molecule has 0 unspecified atom stereocenters. The number of rotatable bonds is 5. The van der Waals surface area contributed by atoms with Crippen LogP contribution in [-0.2, 0) is 4.79 Å². The van der Waals surface area contributed by atoms with Crippen LogP contribution in [0.1, 0.15) is 32.6 Å². The van der Waals surface area contributed by atoms with Crippen molar-refractivity contribution in [3.8, 4) is 0 Å². The zero-order chi connectivity index (χ0) is 8.10. The quantitative estimate of drug-likeness (QED) is 0.336. The van der Waals surface area contributed by atoms with E-state index in [0.717, 1.165) is 12.7 Å². The lowest BCUT2D eigenvalue weighted by molar-refractivity contribution is -0.109. The molecule has 1 aliphatic rings. The fourth-order valence-corrected chi connectivity index (χ4v) is 1.21. The maximum atomic E-state index is 10.2. The highest BCUT2D eigenvalue weighted by atomic mass is 16.1. The molecule has 0 aliphatic heterocycles. The lowest BCUT2D eigenvalue weighted by atomic mass is 10.2. The van der Waals surface area contributed by atoms with E-state index in [0.29, 0.717) is 11.8 Å². The fourth-order valence-electron chi connectivity index (χ4n) is 1.21. The average molecular weight is 152 g/mol. The summed E-state index contributed by atoms with van der Waals surface area (Å²) >= 11 is 0. The van der Waals surface area contributed by atoms with E-state index in [9.17, 15) is 4.79 Å². The molecule has 0 spiro atoms. The van der Waals surface area contributed by atoms with Crippen molar-refractivity contribution < 1.29 is 4.79 Å². The Morgan fingerprint density at radius 3 is 2.82 bits per heavy atom. The Bertz CT molecular complexity index is 149. The smallest absolute Gasteiger partial charge is 0.123 e. The van der Waals surface area contributed by atoms with Crippen molar-refractivity contribution in [1.29, 1.82) is 0 Å². The van der Waals surface area contributed by atoms with Crippen LogP contribution in [0.4, 0.5) is 0 Å². The summed E-state index contributed by atoms with van der Waals surface area (Å²) in [5.74, 6) is 0.942. The SMILES string of the molecule is CCCCC=C[C@@H]1C[C@@H]1C=O. The third-order valence-electron chi connectivity index (χ3n) is 2.17. The number of allylic oxidation sites excluding steroid dienone is 2. The number of hydrogen-bond donors (Lipinski definition) is 0. The topological polar surface area (TPSA) is 17.1 Å². The predicted molar refractivity (Wildman–Crippen MR) is 46.3 cm³/mol. The van der Waals surface area contributed by atoms with Crippen LogP contribution in [0, 0.1) is 11.8 Å². The highest BCUT2D eigenvalue weighted by Gasteiger charge is 2.33. The van der Waals surface area contributed by atoms with E-state index in [-0.39, 0.29) is 0 Å². The third-order valence-corrected chi connectivity index (χ3v) is 2.17. The van der Waals surface area contributed by atoms with Gasteiger partial charge in [0.2, 0.25) is 0 Å². The maximum Gasteiger partial charge on any atom is 0.123 e. The molecule has 1 rings (SSSR count). The summed E-state index contributed by atoms with van der Waals surface area (Å²) in [7, 11) is 0. The fraction of sp³-hybridized carbons (Fsp3) is 0.700. The summed E-state index contributed by atoms with van der Waals surface area (Å²) in [6.45, 7) is 2.19. The van der Waals surface area contributed by atoms with Crippen LogP contribution >= 0.6 is 0 Å². The lowest BCUT2D eigenvalue weighted by Gasteiger charge is -1.87. The number of carbonyl (C=O) groups excluding carboxylic acids is 1. The number of aldehydes is 1. The maximum absolute atomic E-state index is 10.2. The molecule has 62 valence electrons. The molecular formula is C10H16O. The summed E-state index contributed by atoms with van der Waals surface area (Å²) in [5, 5.41) is 0. The molecule has 0 bridgehead atoms. The molecule has 0 N–H and O–H groups in total. The van der Waals surface area contributed by atoms with Crippen LogP contribution in [0.15, 0.2) is 12.2 Å². The van der Waals surface area contributed by atoms with Crippen molar-refractivity contribution in [3.63, 3.8) is 0 Å². The van der Waals surface area contributed by atoms with Crippen LogP contribution in [-0.4, -0.2) is 6.29 Å². The molecule has 0 aromatic carbocycles. The largest absolute Gasteiger partial charge is 0.303 e. The first-order valence-electron chi connectivity index (χ1n) is 4.50. The first-order valence-corrected chi connectivity index (χ1v) is 4.50. The Hall–Kier alpha value is -0.590. The standard InChI is InChI=1S/C10H16O/c1-2-3-4-5-6-9-7-10(9)8-11/h5-6,8-10H,2-4,7H2,1H3/t9-,10-/m1/s1. The molecule has 0 amide bonds. The number of hydrogen-bond acceptors (Lipinski definition) is 1. The minimum absolute atomic E-state index is 0.355. The van der Waals surface area contributed by atoms with Gasteiger partial charge in [-0.2, -0.15) is 0 Å². The van der Waals surface area contributed by atoms with Gasteiger partial charge in [-0.05, 0) is 18.8 Å². The second kappa shape index (κ2) is 4.32. The summed E-state index contributed by atoms with van der Waals surface area (Å²) in [4.78, 5) is 10.2. The van der Waals surface area contributed by atoms with E-state index in [1.807, 2.05) is 0 Å². The number of carbonyl (C=O) groups is 1. The molecule has 0 saturated heterocycles. The molecule has 1 fully saturated rings. The van der Waals surface area contributed by atoms with Crippen molar-refractivity contribution in [1.82, 2.24) is 0 Å². The minimum Gasteiger partial charge on any atom is -0.303 e. The van der Waals surface area contributed by atoms with Crippen LogP contribution < -0.4 is 0 Å². The van der Waals surface area contributed by atoms with Crippen molar-refractivity contribution in [2.75, 3.05) is 0 Å². The molecule has 2 atom stereocenters. The Labute approximate surface area is 68.5 Å². The van der Waals surface area contributed by atoms with Gasteiger partial charge in [-0.25, -0.2) is 0 Å². The van der Waals surface area contributed by atoms with Crippen LogP contribution in [0.3, 0.4) is 0 Å². The molecule has 1 saturated carbocycles. The first-order chi connectivity index (χ1) is 5.38. The molecule has 0 aromatic heterocycles. The van der Waals surface area contributed by atoms with E-state index in [4.69, 9.17) is 0 Å². The first kappa shape index (κ1) is 8.51. The average Bonchev–Trinajstić information content (AvgIpc) is 2.77. The van der Waals surface area contributed by atoms with Crippen molar-refractivity contribution >= 4 is 6.29 Å². The minimum atomic E-state index is 0.355. The molecule has 1 nitrogen and oxygen atoms in total. The van der Waals surface area contributed by atoms with Crippen LogP contribution in [0.25, 0.3) is 0 Å². The van der Waals surface area contributed by atoms with E-state index < -0.39 is 0 Å². The highest BCUT2D eigenvalue weighted by Crippen LogP contribution is 2.37. The molecule has 1 heteroatoms. The summed E-state index contributed by atoms with van der Waals surface area (Å²) in [6.07, 6.45) is 10.3. The summed E-state index contributed by atoms with van der Waals surface area (Å²) < 4.78 is 0. The van der Waals surface area contributed by atoms with Gasteiger partial charge in [0.1, 0.15) is 6.29 Å². The highest BCUT2D eigenvalue weighted by molar-refractivity contribution is 5.59. The molecule has 0 aromatic rings. The zero-order valence-electron chi connectivity index (χ0n) is 7.12. The van der Waals surface area contributed by atoms with Gasteiger partial charge in [0, 0.05) is 5.92 Å². The van der Waals surface area contributed by atoms with E-state index >= 15 is 0 Å². The molecule has 0 heterocycles. The Morgan fingerprint density at radius 2 is 2.27 bits per heavy atom. The Morgan fingerprint density at radius 1 is 1.45 bits per heavy atom. The second-order valence-corrected chi connectivity index (χ2v) is 3.27. The van der Waals surface area contributed by atoms with Crippen molar-refractivity contribution in [3.05, 3.63) is 12.2 Å². The van der Waals surface area contributed by atoms with E-state index in [1.165, 1.54) is 19.3 Å². The molecule has 11 heavy (non-hydrogen) atoms. The zero-order valence-corrected chi connectivity index (χ0v) is 7.12. The molecular weight excluding hydrogens is 136 g/mol. The van der Waals surface area contributed by atoms with E-state index in [2.05, 4.69) is 19.1 Å².